The highest BCUT2D eigenvalue weighted by molar-refractivity contribution is 6.01. The van der Waals surface area contributed by atoms with Crippen molar-refractivity contribution in [1.82, 2.24) is 0 Å². The van der Waals surface area contributed by atoms with Crippen molar-refractivity contribution in [1.29, 1.82) is 0 Å². The van der Waals surface area contributed by atoms with Crippen LogP contribution in [0, 0.1) is 0 Å². The first-order valence-electron chi connectivity index (χ1n) is 5.84. The van der Waals surface area contributed by atoms with E-state index >= 15 is 0 Å². The molecule has 1 aliphatic heterocycles. The summed E-state index contributed by atoms with van der Waals surface area (Å²) in [5, 5.41) is 0. The number of benzene rings is 1. The average molecular weight is 233 g/mol. The minimum absolute atomic E-state index is 0.134. The Morgan fingerprint density at radius 2 is 2.12 bits per heavy atom. The largest absolute Gasteiger partial charge is 0.399 e. The molecule has 4 N–H and O–H groups in total. The molecular weight excluding hydrogens is 214 g/mol. The molecule has 1 heterocycles. The average Bonchev–Trinajstić information content (AvgIpc) is 2.48. The second kappa shape index (κ2) is 4.04. The van der Waals surface area contributed by atoms with Gasteiger partial charge in [-0.05, 0) is 44.0 Å². The highest BCUT2D eigenvalue weighted by Crippen LogP contribution is 2.30. The number of carbonyl (C=O) groups excluding carboxylic acids is 1. The van der Waals surface area contributed by atoms with Gasteiger partial charge in [-0.3, -0.25) is 4.79 Å². The Labute approximate surface area is 102 Å². The predicted octanol–water partition coefficient (Wildman–Crippen LogP) is 1.29. The highest BCUT2D eigenvalue weighted by atomic mass is 16.2. The Morgan fingerprint density at radius 1 is 1.41 bits per heavy atom. The monoisotopic (exact) mass is 233 g/mol. The van der Waals surface area contributed by atoms with Crippen LogP contribution in [0.3, 0.4) is 0 Å². The van der Waals surface area contributed by atoms with Gasteiger partial charge in [0.25, 0.3) is 0 Å². The molecule has 0 unspecified atom stereocenters. The lowest BCUT2D eigenvalue weighted by Crippen LogP contribution is -2.38. The zero-order valence-electron chi connectivity index (χ0n) is 10.4. The van der Waals surface area contributed by atoms with Crippen LogP contribution in [0.5, 0.6) is 0 Å². The van der Waals surface area contributed by atoms with Crippen LogP contribution in [0.15, 0.2) is 18.2 Å². The Balaban J connectivity index is 2.18. The van der Waals surface area contributed by atoms with Gasteiger partial charge < -0.3 is 16.4 Å². The first kappa shape index (κ1) is 11.9. The van der Waals surface area contributed by atoms with Gasteiger partial charge in [0.05, 0.1) is 6.42 Å². The molecule has 0 bridgehead atoms. The second-order valence-electron chi connectivity index (χ2n) is 5.35. The van der Waals surface area contributed by atoms with Gasteiger partial charge in [-0.1, -0.05) is 0 Å². The minimum atomic E-state index is -0.253. The molecule has 0 atom stereocenters. The smallest absolute Gasteiger partial charge is 0.231 e. The van der Waals surface area contributed by atoms with E-state index in [2.05, 4.69) is 0 Å². The van der Waals surface area contributed by atoms with E-state index in [0.29, 0.717) is 18.7 Å². The maximum Gasteiger partial charge on any atom is 0.231 e. The fraction of sp³-hybridized carbons (Fsp3) is 0.462. The predicted molar refractivity (Wildman–Crippen MR) is 69.8 cm³/mol. The number of rotatable bonds is 3. The molecule has 1 aromatic rings. The molecule has 0 fully saturated rings. The third kappa shape index (κ3) is 2.58. The summed E-state index contributed by atoms with van der Waals surface area (Å²) in [6.07, 6.45) is 1.23. The van der Waals surface area contributed by atoms with Crippen LogP contribution in [0.4, 0.5) is 11.4 Å². The van der Waals surface area contributed by atoms with E-state index in [1.54, 1.807) is 0 Å². The molecule has 0 aliphatic carbocycles. The Kier molecular flexibility index (Phi) is 2.83. The molecule has 1 aliphatic rings. The van der Waals surface area contributed by atoms with Crippen molar-refractivity contribution in [3.8, 4) is 0 Å². The van der Waals surface area contributed by atoms with Crippen LogP contribution in [0.2, 0.25) is 0 Å². The second-order valence-corrected chi connectivity index (χ2v) is 5.35. The van der Waals surface area contributed by atoms with Crippen molar-refractivity contribution in [3.63, 3.8) is 0 Å². The molecule has 4 heteroatoms. The number of carbonyl (C=O) groups is 1. The van der Waals surface area contributed by atoms with Crippen LogP contribution >= 0.6 is 0 Å². The summed E-state index contributed by atoms with van der Waals surface area (Å²) in [6.45, 7) is 4.61. The van der Waals surface area contributed by atoms with Crippen molar-refractivity contribution in [2.45, 2.75) is 32.2 Å². The molecule has 0 aromatic heterocycles. The summed E-state index contributed by atoms with van der Waals surface area (Å²) in [5.74, 6) is 0.134. The third-order valence-corrected chi connectivity index (χ3v) is 3.02. The van der Waals surface area contributed by atoms with Gasteiger partial charge in [0.1, 0.15) is 0 Å². The maximum absolute atomic E-state index is 11.9. The van der Waals surface area contributed by atoms with Gasteiger partial charge >= 0.3 is 0 Å². The van der Waals surface area contributed by atoms with Crippen LogP contribution in [0.25, 0.3) is 0 Å². The van der Waals surface area contributed by atoms with Gasteiger partial charge in [-0.2, -0.15) is 0 Å². The van der Waals surface area contributed by atoms with Crippen molar-refractivity contribution in [2.24, 2.45) is 5.73 Å². The van der Waals surface area contributed by atoms with Gasteiger partial charge in [0.2, 0.25) is 5.91 Å². The van der Waals surface area contributed by atoms with Gasteiger partial charge in [0.15, 0.2) is 0 Å². The molecule has 0 saturated heterocycles. The number of hydrogen-bond acceptors (Lipinski definition) is 3. The fourth-order valence-electron chi connectivity index (χ4n) is 2.05. The van der Waals surface area contributed by atoms with Crippen LogP contribution in [0.1, 0.15) is 25.8 Å². The number of hydrogen-bond donors (Lipinski definition) is 2. The van der Waals surface area contributed by atoms with Crippen LogP contribution in [-0.2, 0) is 11.2 Å². The van der Waals surface area contributed by atoms with E-state index in [1.807, 2.05) is 36.9 Å². The zero-order chi connectivity index (χ0) is 12.6. The van der Waals surface area contributed by atoms with Gasteiger partial charge in [0, 0.05) is 23.5 Å². The first-order chi connectivity index (χ1) is 7.87. The van der Waals surface area contributed by atoms with E-state index in [4.69, 9.17) is 11.5 Å². The molecule has 92 valence electrons. The summed E-state index contributed by atoms with van der Waals surface area (Å²) < 4.78 is 0. The minimum Gasteiger partial charge on any atom is -0.399 e. The van der Waals surface area contributed by atoms with Crippen LogP contribution < -0.4 is 16.4 Å². The topological polar surface area (TPSA) is 72.3 Å². The lowest BCUT2D eigenvalue weighted by atomic mass is 10.0. The zero-order valence-corrected chi connectivity index (χ0v) is 10.4. The molecule has 0 saturated carbocycles. The van der Waals surface area contributed by atoms with E-state index in [9.17, 15) is 4.79 Å². The summed E-state index contributed by atoms with van der Waals surface area (Å²) in [5.41, 5.74) is 14.1. The number of nitrogens with two attached hydrogens (primary N) is 2. The van der Waals surface area contributed by atoms with Crippen molar-refractivity contribution in [3.05, 3.63) is 23.8 Å². The number of fused-ring (bicyclic) bond motifs is 1. The summed E-state index contributed by atoms with van der Waals surface area (Å²) in [7, 11) is 0. The number of anilines is 2. The third-order valence-electron chi connectivity index (χ3n) is 3.02. The Hall–Kier alpha value is -1.55. The molecule has 1 amide bonds. The van der Waals surface area contributed by atoms with Crippen molar-refractivity contribution in [2.75, 3.05) is 17.2 Å². The first-order valence-corrected chi connectivity index (χ1v) is 5.84. The highest BCUT2D eigenvalue weighted by Gasteiger charge is 2.28. The van der Waals surface area contributed by atoms with E-state index in [-0.39, 0.29) is 11.4 Å². The summed E-state index contributed by atoms with van der Waals surface area (Å²) in [4.78, 5) is 13.7. The number of amides is 1. The summed E-state index contributed by atoms with van der Waals surface area (Å²) >= 11 is 0. The Morgan fingerprint density at radius 3 is 2.76 bits per heavy atom. The summed E-state index contributed by atoms with van der Waals surface area (Å²) in [6, 6.07) is 5.62. The van der Waals surface area contributed by atoms with Crippen molar-refractivity contribution < 1.29 is 4.79 Å². The molecule has 0 spiro atoms. The lowest BCUT2D eigenvalue weighted by molar-refractivity contribution is -0.117. The molecular formula is C13H19N3O. The quantitative estimate of drug-likeness (QED) is 0.773. The van der Waals surface area contributed by atoms with E-state index < -0.39 is 0 Å². The van der Waals surface area contributed by atoms with E-state index in [0.717, 1.165) is 17.7 Å². The number of nitrogen functional groups attached to an aromatic ring is 1. The van der Waals surface area contributed by atoms with Crippen LogP contribution in [-0.4, -0.2) is 18.0 Å². The molecule has 0 radical (unpaired) electrons. The Bertz CT molecular complexity index is 448. The number of nitrogens with zero attached hydrogens (tertiary/aromatic N) is 1. The SMILES string of the molecule is CC(C)(N)CCN1C(=O)Cc2cc(N)ccc21. The molecule has 1 aromatic carbocycles. The maximum atomic E-state index is 11.9. The van der Waals surface area contributed by atoms with Crippen molar-refractivity contribution >= 4 is 17.3 Å². The van der Waals surface area contributed by atoms with E-state index in [1.165, 1.54) is 0 Å². The van der Waals surface area contributed by atoms with Gasteiger partial charge in [-0.15, -0.1) is 0 Å². The molecule has 2 rings (SSSR count). The standard InChI is InChI=1S/C13H19N3O/c1-13(2,15)5-6-16-11-4-3-10(14)7-9(11)8-12(16)17/h3-4,7H,5-6,8,14-15H2,1-2H3. The van der Waals surface area contributed by atoms with Gasteiger partial charge in [-0.25, -0.2) is 0 Å². The lowest BCUT2D eigenvalue weighted by Gasteiger charge is -2.24. The molecule has 17 heavy (non-hydrogen) atoms. The fourth-order valence-corrected chi connectivity index (χ4v) is 2.05. The molecule has 4 nitrogen and oxygen atoms in total. The normalized spacial score (nSPS) is 15.2.